The molecular formula is C27H35N5O3. The van der Waals surface area contributed by atoms with Crippen LogP contribution in [0.3, 0.4) is 0 Å². The monoisotopic (exact) mass is 477 g/mol. The van der Waals surface area contributed by atoms with E-state index < -0.39 is 6.10 Å². The third-order valence-electron chi connectivity index (χ3n) is 7.21. The molecule has 8 nitrogen and oxygen atoms in total. The van der Waals surface area contributed by atoms with Crippen molar-refractivity contribution in [3.8, 4) is 5.75 Å². The minimum atomic E-state index is -0.621. The van der Waals surface area contributed by atoms with Crippen LogP contribution in [0.5, 0.6) is 5.75 Å². The minimum Gasteiger partial charge on any atom is -0.484 e. The summed E-state index contributed by atoms with van der Waals surface area (Å²) >= 11 is 0. The van der Waals surface area contributed by atoms with Gasteiger partial charge >= 0.3 is 0 Å². The first kappa shape index (κ1) is 23.8. The fourth-order valence-corrected chi connectivity index (χ4v) is 5.16. The van der Waals surface area contributed by atoms with Crippen LogP contribution in [0.2, 0.25) is 0 Å². The van der Waals surface area contributed by atoms with Gasteiger partial charge in [-0.2, -0.15) is 0 Å². The standard InChI is InChI=1S/C27H35N5O3/c1-30-11-9-22(10-12-30)32-19-29-25-7-6-24(14-26(25)32)35-18-27(34)28-15-23(33)17-31-13-8-20-4-2-3-5-21(20)16-31/h2-7,14,19,22-23,33H,8-13,15-18H2,1H3,(H,28,34). The van der Waals surface area contributed by atoms with Gasteiger partial charge in [-0.15, -0.1) is 0 Å². The topological polar surface area (TPSA) is 82.9 Å². The lowest BCUT2D eigenvalue weighted by Crippen LogP contribution is -2.42. The van der Waals surface area contributed by atoms with Gasteiger partial charge in [0.2, 0.25) is 0 Å². The molecule has 3 heterocycles. The first-order chi connectivity index (χ1) is 17.0. The number of β-amino-alcohol motifs (C(OH)–C–C–N with tert-alkyl or cyclic N) is 1. The Hall–Kier alpha value is -2.94. The highest BCUT2D eigenvalue weighted by Gasteiger charge is 2.21. The number of amides is 1. The van der Waals surface area contributed by atoms with Gasteiger partial charge in [-0.3, -0.25) is 9.69 Å². The number of nitrogens with one attached hydrogen (secondary N) is 1. The second-order valence-electron chi connectivity index (χ2n) is 9.84. The summed E-state index contributed by atoms with van der Waals surface area (Å²) in [5.41, 5.74) is 4.67. The number of likely N-dealkylation sites (tertiary alicyclic amines) is 1. The minimum absolute atomic E-state index is 0.0856. The van der Waals surface area contributed by atoms with Crippen LogP contribution >= 0.6 is 0 Å². The van der Waals surface area contributed by atoms with E-state index in [1.807, 2.05) is 24.5 Å². The zero-order valence-electron chi connectivity index (χ0n) is 20.4. The second kappa shape index (κ2) is 10.8. The van der Waals surface area contributed by atoms with Crippen LogP contribution in [0, 0.1) is 0 Å². The van der Waals surface area contributed by atoms with E-state index in [0.29, 0.717) is 18.3 Å². The Morgan fingerprint density at radius 3 is 2.80 bits per heavy atom. The number of nitrogens with zero attached hydrogens (tertiary/aromatic N) is 4. The van der Waals surface area contributed by atoms with E-state index in [4.69, 9.17) is 4.74 Å². The van der Waals surface area contributed by atoms with Crippen LogP contribution in [-0.4, -0.2) is 82.8 Å². The van der Waals surface area contributed by atoms with E-state index in [9.17, 15) is 9.90 Å². The first-order valence-electron chi connectivity index (χ1n) is 12.6. The van der Waals surface area contributed by atoms with Crippen molar-refractivity contribution >= 4 is 16.9 Å². The molecule has 0 spiro atoms. The number of carbonyl (C=O) groups excluding carboxylic acids is 1. The van der Waals surface area contributed by atoms with E-state index in [1.165, 1.54) is 11.1 Å². The Labute approximate surface area is 206 Å². The number of rotatable bonds is 8. The Balaban J connectivity index is 1.09. The number of benzene rings is 2. The highest BCUT2D eigenvalue weighted by molar-refractivity contribution is 5.79. The normalized spacial score (nSPS) is 18.3. The number of imidazole rings is 1. The number of aromatic nitrogens is 2. The van der Waals surface area contributed by atoms with Crippen molar-refractivity contribution in [1.82, 2.24) is 24.7 Å². The SMILES string of the molecule is CN1CCC(n2cnc3ccc(OCC(=O)NCC(O)CN4CCc5ccccc5C4)cc32)CC1. The van der Waals surface area contributed by atoms with Crippen molar-refractivity contribution < 1.29 is 14.6 Å². The van der Waals surface area contributed by atoms with Crippen molar-refractivity contribution in [3.63, 3.8) is 0 Å². The lowest BCUT2D eigenvalue weighted by atomic mass is 10.00. The van der Waals surface area contributed by atoms with Crippen molar-refractivity contribution in [2.24, 2.45) is 0 Å². The number of aliphatic hydroxyl groups excluding tert-OH is 1. The molecule has 2 N–H and O–H groups in total. The number of hydrogen-bond donors (Lipinski definition) is 2. The summed E-state index contributed by atoms with van der Waals surface area (Å²) in [6.07, 6.45) is 4.48. The molecule has 2 aliphatic rings. The van der Waals surface area contributed by atoms with Gasteiger partial charge in [0, 0.05) is 38.3 Å². The summed E-state index contributed by atoms with van der Waals surface area (Å²) in [4.78, 5) is 21.5. The number of carbonyl (C=O) groups is 1. The molecule has 0 saturated carbocycles. The summed E-state index contributed by atoms with van der Waals surface area (Å²) in [7, 11) is 2.16. The molecule has 0 bridgehead atoms. The Morgan fingerprint density at radius 1 is 1.17 bits per heavy atom. The number of fused-ring (bicyclic) bond motifs is 2. The van der Waals surface area contributed by atoms with E-state index in [-0.39, 0.29) is 19.1 Å². The van der Waals surface area contributed by atoms with Gasteiger partial charge in [-0.1, -0.05) is 24.3 Å². The van der Waals surface area contributed by atoms with Crippen molar-refractivity contribution in [3.05, 3.63) is 59.9 Å². The Kier molecular flexibility index (Phi) is 7.32. The molecule has 186 valence electrons. The fraction of sp³-hybridized carbons (Fsp3) is 0.481. The van der Waals surface area contributed by atoms with E-state index in [2.05, 4.69) is 56.0 Å². The van der Waals surface area contributed by atoms with Gasteiger partial charge in [0.25, 0.3) is 5.91 Å². The molecule has 1 atom stereocenters. The summed E-state index contributed by atoms with van der Waals surface area (Å²) in [6.45, 7) is 4.57. The smallest absolute Gasteiger partial charge is 0.258 e. The second-order valence-corrected chi connectivity index (χ2v) is 9.84. The molecule has 1 unspecified atom stereocenters. The molecule has 2 aromatic carbocycles. The lowest BCUT2D eigenvalue weighted by molar-refractivity contribution is -0.123. The number of piperidine rings is 1. The molecule has 0 aliphatic carbocycles. The average molecular weight is 478 g/mol. The molecule has 5 rings (SSSR count). The third kappa shape index (κ3) is 5.83. The van der Waals surface area contributed by atoms with Crippen molar-refractivity contribution in [1.29, 1.82) is 0 Å². The summed E-state index contributed by atoms with van der Waals surface area (Å²) in [6, 6.07) is 14.6. The molecular weight excluding hydrogens is 442 g/mol. The van der Waals surface area contributed by atoms with Gasteiger partial charge < -0.3 is 24.6 Å². The maximum atomic E-state index is 12.4. The lowest BCUT2D eigenvalue weighted by Gasteiger charge is -2.30. The average Bonchev–Trinajstić information content (AvgIpc) is 3.30. The molecule has 0 radical (unpaired) electrons. The molecule has 1 saturated heterocycles. The molecule has 35 heavy (non-hydrogen) atoms. The number of aliphatic hydroxyl groups is 1. The van der Waals surface area contributed by atoms with Gasteiger partial charge in [0.15, 0.2) is 6.61 Å². The number of hydrogen-bond acceptors (Lipinski definition) is 6. The van der Waals surface area contributed by atoms with Crippen LogP contribution in [-0.2, 0) is 17.8 Å². The molecule has 2 aliphatic heterocycles. The van der Waals surface area contributed by atoms with E-state index in [0.717, 1.165) is 56.5 Å². The molecule has 3 aromatic rings. The Bertz CT molecular complexity index is 1150. The predicted octanol–water partition coefficient (Wildman–Crippen LogP) is 2.22. The molecule has 8 heteroatoms. The number of ether oxygens (including phenoxy) is 1. The maximum Gasteiger partial charge on any atom is 0.258 e. The van der Waals surface area contributed by atoms with Crippen LogP contribution in [0.25, 0.3) is 11.0 Å². The zero-order valence-corrected chi connectivity index (χ0v) is 20.4. The maximum absolute atomic E-state index is 12.4. The van der Waals surface area contributed by atoms with Gasteiger partial charge in [-0.05, 0) is 62.7 Å². The zero-order chi connectivity index (χ0) is 24.2. The highest BCUT2D eigenvalue weighted by Crippen LogP contribution is 2.28. The molecule has 1 fully saturated rings. The van der Waals surface area contributed by atoms with Gasteiger partial charge in [-0.25, -0.2) is 4.98 Å². The van der Waals surface area contributed by atoms with Gasteiger partial charge in [0.1, 0.15) is 5.75 Å². The molecule has 1 aromatic heterocycles. The van der Waals surface area contributed by atoms with Crippen molar-refractivity contribution in [2.75, 3.05) is 46.4 Å². The fourth-order valence-electron chi connectivity index (χ4n) is 5.16. The summed E-state index contributed by atoms with van der Waals surface area (Å²) in [5, 5.41) is 13.2. The summed E-state index contributed by atoms with van der Waals surface area (Å²) in [5.74, 6) is 0.409. The van der Waals surface area contributed by atoms with E-state index >= 15 is 0 Å². The van der Waals surface area contributed by atoms with Gasteiger partial charge in [0.05, 0.1) is 23.5 Å². The van der Waals surface area contributed by atoms with Crippen LogP contribution < -0.4 is 10.1 Å². The van der Waals surface area contributed by atoms with Crippen LogP contribution in [0.15, 0.2) is 48.8 Å². The van der Waals surface area contributed by atoms with Crippen LogP contribution in [0.1, 0.15) is 30.0 Å². The van der Waals surface area contributed by atoms with E-state index in [1.54, 1.807) is 0 Å². The Morgan fingerprint density at radius 2 is 1.97 bits per heavy atom. The van der Waals surface area contributed by atoms with Crippen LogP contribution in [0.4, 0.5) is 0 Å². The quantitative estimate of drug-likeness (QED) is 0.518. The summed E-state index contributed by atoms with van der Waals surface area (Å²) < 4.78 is 8.01. The van der Waals surface area contributed by atoms with Crippen molar-refractivity contribution in [2.45, 2.75) is 38.0 Å². The molecule has 1 amide bonds. The predicted molar refractivity (Wildman–Crippen MR) is 135 cm³/mol. The third-order valence-corrected chi connectivity index (χ3v) is 7.21. The largest absolute Gasteiger partial charge is 0.484 e. The highest BCUT2D eigenvalue weighted by atomic mass is 16.5. The first-order valence-corrected chi connectivity index (χ1v) is 12.6.